The Labute approximate surface area is 180 Å². The van der Waals surface area contributed by atoms with E-state index in [4.69, 9.17) is 0 Å². The molecule has 1 aliphatic rings. The Hall–Kier alpha value is -3.23. The molecule has 0 saturated carbocycles. The van der Waals surface area contributed by atoms with Crippen LogP contribution in [-0.4, -0.2) is 20.9 Å². The van der Waals surface area contributed by atoms with E-state index in [9.17, 15) is 14.9 Å². The van der Waals surface area contributed by atoms with Gasteiger partial charge < -0.3 is 0 Å². The van der Waals surface area contributed by atoms with Crippen molar-refractivity contribution in [3.63, 3.8) is 0 Å². The van der Waals surface area contributed by atoms with Gasteiger partial charge in [-0.3, -0.25) is 19.8 Å². The molecular formula is C22H15N3O3S2. The third kappa shape index (κ3) is 3.34. The molecular weight excluding hydrogens is 418 g/mol. The van der Waals surface area contributed by atoms with Crippen LogP contribution in [-0.2, 0) is 0 Å². The second-order valence-electron chi connectivity index (χ2n) is 6.84. The molecule has 1 saturated heterocycles. The minimum atomic E-state index is -0.420. The smallest absolute Gasteiger partial charge is 0.286 e. The Morgan fingerprint density at radius 3 is 2.43 bits per heavy atom. The fourth-order valence-electron chi connectivity index (χ4n) is 3.53. The van der Waals surface area contributed by atoms with E-state index in [1.165, 1.54) is 23.9 Å². The van der Waals surface area contributed by atoms with Crippen molar-refractivity contribution in [2.45, 2.75) is 6.04 Å². The van der Waals surface area contributed by atoms with Gasteiger partial charge in [-0.1, -0.05) is 36.0 Å². The van der Waals surface area contributed by atoms with Crippen molar-refractivity contribution in [1.29, 1.82) is 0 Å². The molecule has 2 heterocycles. The van der Waals surface area contributed by atoms with Gasteiger partial charge in [-0.15, -0.1) is 11.3 Å². The molecule has 0 spiro atoms. The van der Waals surface area contributed by atoms with E-state index in [-0.39, 0.29) is 17.0 Å². The predicted molar refractivity (Wildman–Crippen MR) is 121 cm³/mol. The number of para-hydroxylation sites is 1. The first-order chi connectivity index (χ1) is 14.6. The second-order valence-corrected chi connectivity index (χ2v) is 8.85. The Bertz CT molecular complexity index is 1220. The van der Waals surface area contributed by atoms with E-state index < -0.39 is 4.92 Å². The van der Waals surface area contributed by atoms with Crippen LogP contribution in [0, 0.1) is 10.1 Å². The van der Waals surface area contributed by atoms with Crippen LogP contribution in [0.4, 0.5) is 16.2 Å². The standard InChI is InChI=1S/C22H15N3O3S2/c26-22-24(19(13-29-22)14-5-11-17(12-6-14)25(27)28)16-9-7-15(8-10-16)21-23-18-3-1-2-4-20(18)30-21/h1-12,19H,13H2. The molecule has 1 fully saturated rings. The van der Waals surface area contributed by atoms with Gasteiger partial charge in [0.15, 0.2) is 0 Å². The Kier molecular flexibility index (Phi) is 4.72. The number of hydrogen-bond acceptors (Lipinski definition) is 6. The SMILES string of the molecule is O=C1SCC(c2ccc([N+](=O)[O-])cc2)N1c1ccc(-c2nc3ccccc3s2)cc1. The van der Waals surface area contributed by atoms with Gasteiger partial charge in [0.2, 0.25) is 0 Å². The molecule has 1 aliphatic heterocycles. The minimum Gasteiger partial charge on any atom is -0.295 e. The highest BCUT2D eigenvalue weighted by Gasteiger charge is 2.34. The van der Waals surface area contributed by atoms with Gasteiger partial charge in [0.25, 0.3) is 10.9 Å². The van der Waals surface area contributed by atoms with E-state index in [2.05, 4.69) is 11.1 Å². The average Bonchev–Trinajstić information content (AvgIpc) is 3.37. The number of amides is 1. The summed E-state index contributed by atoms with van der Waals surface area (Å²) < 4.78 is 1.14. The zero-order valence-electron chi connectivity index (χ0n) is 15.6. The fraction of sp³-hybridized carbons (Fsp3) is 0.0909. The number of nitro groups is 1. The van der Waals surface area contributed by atoms with Crippen LogP contribution >= 0.6 is 23.1 Å². The summed E-state index contributed by atoms with van der Waals surface area (Å²) in [6.45, 7) is 0. The third-order valence-corrected chi connectivity index (χ3v) is 7.06. The number of nitro benzene ring substituents is 1. The maximum atomic E-state index is 12.6. The van der Waals surface area contributed by atoms with Crippen molar-refractivity contribution >= 4 is 49.9 Å². The normalized spacial score (nSPS) is 16.3. The molecule has 30 heavy (non-hydrogen) atoms. The molecule has 0 N–H and O–H groups in total. The highest BCUT2D eigenvalue weighted by molar-refractivity contribution is 8.14. The van der Waals surface area contributed by atoms with Crippen molar-refractivity contribution in [3.8, 4) is 10.6 Å². The number of carbonyl (C=O) groups excluding carboxylic acids is 1. The summed E-state index contributed by atoms with van der Waals surface area (Å²) >= 11 is 2.90. The highest BCUT2D eigenvalue weighted by atomic mass is 32.2. The number of aromatic nitrogens is 1. The summed E-state index contributed by atoms with van der Waals surface area (Å²) in [5.74, 6) is 0.607. The highest BCUT2D eigenvalue weighted by Crippen LogP contribution is 2.40. The van der Waals surface area contributed by atoms with Gasteiger partial charge >= 0.3 is 0 Å². The summed E-state index contributed by atoms with van der Waals surface area (Å²) in [5, 5.41) is 11.8. The number of thiazole rings is 1. The molecule has 4 aromatic rings. The number of hydrogen-bond donors (Lipinski definition) is 0. The summed E-state index contributed by atoms with van der Waals surface area (Å²) in [5.41, 5.74) is 3.71. The number of fused-ring (bicyclic) bond motifs is 1. The molecule has 1 aromatic heterocycles. The van der Waals surface area contributed by atoms with Gasteiger partial charge in [0.05, 0.1) is 21.2 Å². The lowest BCUT2D eigenvalue weighted by Gasteiger charge is -2.24. The van der Waals surface area contributed by atoms with Gasteiger partial charge in [-0.2, -0.15) is 0 Å². The van der Waals surface area contributed by atoms with Crippen LogP contribution in [0.1, 0.15) is 11.6 Å². The Balaban J connectivity index is 1.44. The maximum Gasteiger partial charge on any atom is 0.286 e. The van der Waals surface area contributed by atoms with Crippen LogP contribution in [0.3, 0.4) is 0 Å². The van der Waals surface area contributed by atoms with Crippen molar-refractivity contribution in [2.75, 3.05) is 10.7 Å². The second kappa shape index (κ2) is 7.55. The molecule has 3 aromatic carbocycles. The molecule has 1 atom stereocenters. The van der Waals surface area contributed by atoms with Crippen molar-refractivity contribution in [3.05, 3.63) is 88.5 Å². The zero-order valence-corrected chi connectivity index (χ0v) is 17.2. The largest absolute Gasteiger partial charge is 0.295 e. The zero-order chi connectivity index (χ0) is 20.7. The van der Waals surface area contributed by atoms with E-state index >= 15 is 0 Å². The van der Waals surface area contributed by atoms with Crippen LogP contribution < -0.4 is 4.90 Å². The first kappa shape index (κ1) is 18.8. The predicted octanol–water partition coefficient (Wildman–Crippen LogP) is 6.29. The van der Waals surface area contributed by atoms with E-state index in [0.29, 0.717) is 5.75 Å². The van der Waals surface area contributed by atoms with E-state index in [0.717, 1.165) is 32.0 Å². The Morgan fingerprint density at radius 2 is 1.73 bits per heavy atom. The van der Waals surface area contributed by atoms with E-state index in [1.807, 2.05) is 42.5 Å². The maximum absolute atomic E-state index is 12.6. The number of benzene rings is 3. The third-order valence-electron chi connectivity index (χ3n) is 5.05. The molecule has 0 bridgehead atoms. The Morgan fingerprint density at radius 1 is 1.00 bits per heavy atom. The number of non-ortho nitro benzene ring substituents is 1. The van der Waals surface area contributed by atoms with Crippen LogP contribution in [0.15, 0.2) is 72.8 Å². The fourth-order valence-corrected chi connectivity index (χ4v) is 5.52. The molecule has 0 radical (unpaired) electrons. The summed E-state index contributed by atoms with van der Waals surface area (Å²) in [4.78, 5) is 29.5. The summed E-state index contributed by atoms with van der Waals surface area (Å²) in [6.07, 6.45) is 0. The number of carbonyl (C=O) groups is 1. The van der Waals surface area contributed by atoms with Crippen LogP contribution in [0.2, 0.25) is 0 Å². The lowest BCUT2D eigenvalue weighted by Crippen LogP contribution is -2.26. The first-order valence-corrected chi connectivity index (χ1v) is 11.1. The number of anilines is 1. The molecule has 0 aliphatic carbocycles. The van der Waals surface area contributed by atoms with Gasteiger partial charge in [-0.25, -0.2) is 4.98 Å². The molecule has 1 unspecified atom stereocenters. The van der Waals surface area contributed by atoms with Gasteiger partial charge in [0.1, 0.15) is 5.01 Å². The topological polar surface area (TPSA) is 76.3 Å². The van der Waals surface area contributed by atoms with Gasteiger partial charge in [0, 0.05) is 29.1 Å². The van der Waals surface area contributed by atoms with E-state index in [1.54, 1.807) is 28.4 Å². The summed E-state index contributed by atoms with van der Waals surface area (Å²) in [7, 11) is 0. The van der Waals surface area contributed by atoms with Crippen LogP contribution in [0.5, 0.6) is 0 Å². The molecule has 148 valence electrons. The first-order valence-electron chi connectivity index (χ1n) is 9.26. The molecule has 5 rings (SSSR count). The quantitative estimate of drug-likeness (QED) is 0.279. The lowest BCUT2D eigenvalue weighted by atomic mass is 10.1. The monoisotopic (exact) mass is 433 g/mol. The lowest BCUT2D eigenvalue weighted by molar-refractivity contribution is -0.384. The molecule has 6 nitrogen and oxygen atoms in total. The molecule has 1 amide bonds. The van der Waals surface area contributed by atoms with Crippen molar-refractivity contribution in [1.82, 2.24) is 4.98 Å². The number of thioether (sulfide) groups is 1. The molecule has 8 heteroatoms. The summed E-state index contributed by atoms with van der Waals surface area (Å²) in [6, 6.07) is 22.1. The number of nitrogens with zero attached hydrogens (tertiary/aromatic N) is 3. The van der Waals surface area contributed by atoms with Crippen molar-refractivity contribution in [2.24, 2.45) is 0 Å². The van der Waals surface area contributed by atoms with Crippen LogP contribution in [0.25, 0.3) is 20.8 Å². The average molecular weight is 434 g/mol. The van der Waals surface area contributed by atoms with Crippen molar-refractivity contribution < 1.29 is 9.72 Å². The number of rotatable bonds is 4. The van der Waals surface area contributed by atoms with Gasteiger partial charge in [-0.05, 0) is 42.0 Å². The minimum absolute atomic E-state index is 0.0221.